The third-order valence-electron chi connectivity index (χ3n) is 5.35. The van der Waals surface area contributed by atoms with E-state index in [0.29, 0.717) is 5.75 Å². The molecule has 0 spiro atoms. The standard InChI is InChI=1S/C25H21N3O3S/c1-31-21-9-17(14-30)8-19(11-21)23-12-26-15-28(23)20-5-3-18(4-6-20)25-27-22-7-2-16(13-29)10-24(22)32-25/h2-12,15,29-30H,13-14H2,1H3. The number of hydrogen-bond acceptors (Lipinski definition) is 6. The second kappa shape index (κ2) is 8.55. The van der Waals surface area contributed by atoms with Gasteiger partial charge in [0.05, 0.1) is 48.8 Å². The molecule has 6 nitrogen and oxygen atoms in total. The van der Waals surface area contributed by atoms with Crippen molar-refractivity contribution in [3.05, 3.63) is 84.3 Å². The van der Waals surface area contributed by atoms with Gasteiger partial charge in [-0.3, -0.25) is 4.57 Å². The fraction of sp³-hybridized carbons (Fsp3) is 0.120. The highest BCUT2D eigenvalue weighted by Crippen LogP contribution is 2.32. The Hall–Kier alpha value is -3.52. The number of aliphatic hydroxyl groups excluding tert-OH is 2. The molecular weight excluding hydrogens is 422 g/mol. The van der Waals surface area contributed by atoms with Crippen molar-refractivity contribution in [3.8, 4) is 33.3 Å². The van der Waals surface area contributed by atoms with Gasteiger partial charge in [0, 0.05) is 16.8 Å². The number of imidazole rings is 1. The van der Waals surface area contributed by atoms with Crippen molar-refractivity contribution >= 4 is 21.6 Å². The predicted octanol–water partition coefficient (Wildman–Crippen LogP) is 4.81. The van der Waals surface area contributed by atoms with Gasteiger partial charge in [0.1, 0.15) is 10.8 Å². The Labute approximate surface area is 189 Å². The summed E-state index contributed by atoms with van der Waals surface area (Å²) in [6.07, 6.45) is 3.58. The zero-order valence-corrected chi connectivity index (χ0v) is 18.2. The number of aromatic nitrogens is 3. The molecule has 0 aliphatic carbocycles. The van der Waals surface area contributed by atoms with Crippen LogP contribution in [-0.4, -0.2) is 31.9 Å². The van der Waals surface area contributed by atoms with Gasteiger partial charge in [-0.05, 0) is 65.7 Å². The van der Waals surface area contributed by atoms with Crippen LogP contribution < -0.4 is 4.74 Å². The first kappa shape index (κ1) is 20.4. The number of fused-ring (bicyclic) bond motifs is 1. The normalized spacial score (nSPS) is 11.2. The van der Waals surface area contributed by atoms with E-state index in [1.807, 2.05) is 53.1 Å². The highest BCUT2D eigenvalue weighted by molar-refractivity contribution is 7.21. The minimum Gasteiger partial charge on any atom is -0.497 e. The fourth-order valence-corrected chi connectivity index (χ4v) is 4.72. The van der Waals surface area contributed by atoms with Crippen molar-refractivity contribution in [2.45, 2.75) is 13.2 Å². The number of ether oxygens (including phenoxy) is 1. The van der Waals surface area contributed by atoms with Gasteiger partial charge in [-0.1, -0.05) is 6.07 Å². The van der Waals surface area contributed by atoms with Gasteiger partial charge in [0.15, 0.2) is 0 Å². The fourth-order valence-electron chi connectivity index (χ4n) is 3.69. The largest absolute Gasteiger partial charge is 0.497 e. The van der Waals surface area contributed by atoms with Gasteiger partial charge in [-0.15, -0.1) is 11.3 Å². The van der Waals surface area contributed by atoms with Gasteiger partial charge >= 0.3 is 0 Å². The molecule has 3 aromatic carbocycles. The van der Waals surface area contributed by atoms with Crippen molar-refractivity contribution in [1.82, 2.24) is 14.5 Å². The minimum absolute atomic E-state index is 0.0260. The zero-order chi connectivity index (χ0) is 22.1. The quantitative estimate of drug-likeness (QED) is 0.394. The van der Waals surface area contributed by atoms with Crippen LogP contribution in [-0.2, 0) is 13.2 Å². The summed E-state index contributed by atoms with van der Waals surface area (Å²) in [4.78, 5) is 9.07. The molecule has 2 aromatic heterocycles. The van der Waals surface area contributed by atoms with E-state index >= 15 is 0 Å². The molecular formula is C25H21N3O3S. The van der Waals surface area contributed by atoms with Gasteiger partial charge in [-0.2, -0.15) is 0 Å². The van der Waals surface area contributed by atoms with Crippen molar-refractivity contribution in [1.29, 1.82) is 0 Å². The Bertz CT molecular complexity index is 1370. The van der Waals surface area contributed by atoms with Crippen molar-refractivity contribution < 1.29 is 14.9 Å². The van der Waals surface area contributed by atoms with Crippen LogP contribution in [0.3, 0.4) is 0 Å². The van der Waals surface area contributed by atoms with Crippen molar-refractivity contribution in [2.75, 3.05) is 7.11 Å². The van der Waals surface area contributed by atoms with E-state index in [1.165, 1.54) is 0 Å². The molecule has 0 unspecified atom stereocenters. The van der Waals surface area contributed by atoms with Crippen LogP contribution in [0.4, 0.5) is 0 Å². The number of aliphatic hydroxyl groups is 2. The SMILES string of the molecule is COc1cc(CO)cc(-c2cncn2-c2ccc(-c3nc4ccc(CO)cc4s3)cc2)c1. The highest BCUT2D eigenvalue weighted by Gasteiger charge is 2.12. The summed E-state index contributed by atoms with van der Waals surface area (Å²) in [5.74, 6) is 0.690. The van der Waals surface area contributed by atoms with E-state index in [1.54, 1.807) is 31.0 Å². The second-order valence-corrected chi connectivity index (χ2v) is 8.43. The van der Waals surface area contributed by atoms with Gasteiger partial charge in [-0.25, -0.2) is 9.97 Å². The lowest BCUT2D eigenvalue weighted by Crippen LogP contribution is -1.97. The minimum atomic E-state index is -0.0605. The van der Waals surface area contributed by atoms with Crippen LogP contribution in [0.2, 0.25) is 0 Å². The molecule has 5 aromatic rings. The Morgan fingerprint density at radius 2 is 1.72 bits per heavy atom. The molecule has 0 fully saturated rings. The van der Waals surface area contributed by atoms with Gasteiger partial charge < -0.3 is 14.9 Å². The topological polar surface area (TPSA) is 80.4 Å². The molecule has 0 atom stereocenters. The molecule has 5 rings (SSSR count). The lowest BCUT2D eigenvalue weighted by atomic mass is 10.1. The maximum Gasteiger partial charge on any atom is 0.124 e. The smallest absolute Gasteiger partial charge is 0.124 e. The summed E-state index contributed by atoms with van der Waals surface area (Å²) < 4.78 is 8.45. The molecule has 0 saturated carbocycles. The first-order chi connectivity index (χ1) is 15.7. The summed E-state index contributed by atoms with van der Waals surface area (Å²) >= 11 is 1.61. The monoisotopic (exact) mass is 443 g/mol. The maximum atomic E-state index is 9.59. The van der Waals surface area contributed by atoms with Crippen molar-refractivity contribution in [2.24, 2.45) is 0 Å². The molecule has 160 valence electrons. The van der Waals surface area contributed by atoms with Crippen LogP contribution in [0.5, 0.6) is 5.75 Å². The second-order valence-electron chi connectivity index (χ2n) is 7.40. The van der Waals surface area contributed by atoms with E-state index in [4.69, 9.17) is 9.72 Å². The first-order valence-corrected chi connectivity index (χ1v) is 10.9. The highest BCUT2D eigenvalue weighted by atomic mass is 32.1. The molecule has 2 heterocycles. The number of methoxy groups -OCH3 is 1. The Balaban J connectivity index is 1.49. The number of thiazole rings is 1. The molecule has 0 amide bonds. The van der Waals surface area contributed by atoms with Crippen molar-refractivity contribution in [3.63, 3.8) is 0 Å². The summed E-state index contributed by atoms with van der Waals surface area (Å²) in [6.45, 7) is -0.0345. The van der Waals surface area contributed by atoms with Gasteiger partial charge in [0.25, 0.3) is 0 Å². The van der Waals surface area contributed by atoms with E-state index in [2.05, 4.69) is 17.1 Å². The van der Waals surface area contributed by atoms with Crippen LogP contribution in [0, 0.1) is 0 Å². The molecule has 2 N–H and O–H groups in total. The molecule has 0 saturated heterocycles. The van der Waals surface area contributed by atoms with Crippen LogP contribution >= 0.6 is 11.3 Å². The van der Waals surface area contributed by atoms with Crippen LogP contribution in [0.25, 0.3) is 37.7 Å². The lowest BCUT2D eigenvalue weighted by molar-refractivity contribution is 0.281. The molecule has 0 radical (unpaired) electrons. The van der Waals surface area contributed by atoms with Crippen LogP contribution in [0.1, 0.15) is 11.1 Å². The summed E-state index contributed by atoms with van der Waals surface area (Å²) in [7, 11) is 1.61. The molecule has 32 heavy (non-hydrogen) atoms. The number of rotatable bonds is 6. The van der Waals surface area contributed by atoms with E-state index < -0.39 is 0 Å². The number of hydrogen-bond donors (Lipinski definition) is 2. The number of benzene rings is 3. The third kappa shape index (κ3) is 3.78. The third-order valence-corrected chi connectivity index (χ3v) is 6.41. The average molecular weight is 444 g/mol. The molecule has 0 aliphatic rings. The maximum absolute atomic E-state index is 9.59. The van der Waals surface area contributed by atoms with Gasteiger partial charge in [0.2, 0.25) is 0 Å². The summed E-state index contributed by atoms with van der Waals surface area (Å²) in [5.41, 5.74) is 6.43. The zero-order valence-electron chi connectivity index (χ0n) is 17.4. The first-order valence-electron chi connectivity index (χ1n) is 10.1. The van der Waals surface area contributed by atoms with E-state index in [-0.39, 0.29) is 13.2 Å². The Kier molecular flexibility index (Phi) is 5.45. The molecule has 0 aliphatic heterocycles. The average Bonchev–Trinajstić information content (AvgIpc) is 3.50. The van der Waals surface area contributed by atoms with E-state index in [9.17, 15) is 10.2 Å². The molecule has 0 bridgehead atoms. The van der Waals surface area contributed by atoms with E-state index in [0.717, 1.165) is 48.9 Å². The number of nitrogens with zero attached hydrogens (tertiary/aromatic N) is 3. The summed E-state index contributed by atoms with van der Waals surface area (Å²) in [5, 5.41) is 19.9. The predicted molar refractivity (Wildman–Crippen MR) is 126 cm³/mol. The Morgan fingerprint density at radius 1 is 0.906 bits per heavy atom. The Morgan fingerprint density at radius 3 is 2.47 bits per heavy atom. The summed E-state index contributed by atoms with van der Waals surface area (Å²) in [6, 6.07) is 19.7. The lowest BCUT2D eigenvalue weighted by Gasteiger charge is -2.11. The van der Waals surface area contributed by atoms with Crippen LogP contribution in [0.15, 0.2) is 73.2 Å². The molecule has 7 heteroatoms.